The summed E-state index contributed by atoms with van der Waals surface area (Å²) in [5.41, 5.74) is 2.82. The van der Waals surface area contributed by atoms with Gasteiger partial charge < -0.3 is 19.6 Å². The Balaban J connectivity index is 1.50. The molecule has 0 bridgehead atoms. The number of para-hydroxylation sites is 1. The fourth-order valence-corrected chi connectivity index (χ4v) is 2.95. The maximum Gasteiger partial charge on any atom is 0.336 e. The molecule has 0 aliphatic carbocycles. The van der Waals surface area contributed by atoms with Crippen molar-refractivity contribution in [1.82, 2.24) is 10.7 Å². The average Bonchev–Trinajstić information content (AvgIpc) is 3.27. The van der Waals surface area contributed by atoms with Gasteiger partial charge in [-0.15, -0.1) is 0 Å². The van der Waals surface area contributed by atoms with Crippen LogP contribution in [0, 0.1) is 0 Å². The van der Waals surface area contributed by atoms with E-state index in [1.165, 1.54) is 19.2 Å². The number of aromatic carboxylic acids is 1. The van der Waals surface area contributed by atoms with E-state index in [1.54, 1.807) is 54.6 Å². The average molecular weight is 470 g/mol. The molecular weight excluding hydrogens is 450 g/mol. The number of carboxylic acids is 1. The van der Waals surface area contributed by atoms with Crippen LogP contribution in [0.5, 0.6) is 5.75 Å². The second kappa shape index (κ2) is 11.0. The standard InChI is InChI=1S/C23H20ClN3O6/c1-14(26-21(28)13-32-20-9-5-4-8-18(20)24)22(29)27-25-12-15-10-11-19(33-15)16-6-2-3-7-17(16)23(30)31/h2-12,14H,13H2,1H3,(H,26,28)(H,27,29)(H,30,31)/b25-12-/t14-/m0/s1. The molecule has 0 fully saturated rings. The minimum absolute atomic E-state index is 0.103. The van der Waals surface area contributed by atoms with E-state index >= 15 is 0 Å². The van der Waals surface area contributed by atoms with Crippen molar-refractivity contribution >= 4 is 35.6 Å². The van der Waals surface area contributed by atoms with Gasteiger partial charge in [-0.3, -0.25) is 9.59 Å². The van der Waals surface area contributed by atoms with Crippen LogP contribution in [0.25, 0.3) is 11.3 Å². The molecule has 170 valence electrons. The summed E-state index contributed by atoms with van der Waals surface area (Å²) >= 11 is 5.96. The van der Waals surface area contributed by atoms with Gasteiger partial charge in [-0.1, -0.05) is 41.9 Å². The van der Waals surface area contributed by atoms with Crippen molar-refractivity contribution in [3.05, 3.63) is 77.0 Å². The predicted octanol–water partition coefficient (Wildman–Crippen LogP) is 3.33. The van der Waals surface area contributed by atoms with Crippen molar-refractivity contribution in [2.75, 3.05) is 6.61 Å². The maximum atomic E-state index is 12.1. The molecule has 9 nitrogen and oxygen atoms in total. The van der Waals surface area contributed by atoms with Gasteiger partial charge in [-0.2, -0.15) is 5.10 Å². The van der Waals surface area contributed by atoms with Gasteiger partial charge >= 0.3 is 5.97 Å². The van der Waals surface area contributed by atoms with Gasteiger partial charge in [0.25, 0.3) is 11.8 Å². The molecule has 2 amide bonds. The molecular formula is C23H20ClN3O6. The predicted molar refractivity (Wildman–Crippen MR) is 121 cm³/mol. The number of benzene rings is 2. The lowest BCUT2D eigenvalue weighted by Crippen LogP contribution is -2.45. The van der Waals surface area contributed by atoms with Crippen molar-refractivity contribution in [1.29, 1.82) is 0 Å². The Bertz CT molecular complexity index is 1190. The van der Waals surface area contributed by atoms with E-state index < -0.39 is 23.8 Å². The number of ether oxygens (including phenoxy) is 1. The van der Waals surface area contributed by atoms with E-state index in [4.69, 9.17) is 20.8 Å². The third kappa shape index (κ3) is 6.44. The molecule has 0 aliphatic heterocycles. The third-order valence-electron chi connectivity index (χ3n) is 4.38. The molecule has 10 heteroatoms. The molecule has 0 spiro atoms. The molecule has 1 heterocycles. The Kier molecular flexibility index (Phi) is 7.82. The molecule has 1 aromatic heterocycles. The number of carboxylic acid groups (broad SMARTS) is 1. The number of halogens is 1. The number of nitrogens with zero attached hydrogens (tertiary/aromatic N) is 1. The number of rotatable bonds is 9. The highest BCUT2D eigenvalue weighted by atomic mass is 35.5. The second-order valence-corrected chi connectivity index (χ2v) is 7.20. The van der Waals surface area contributed by atoms with Gasteiger partial charge in [0.2, 0.25) is 0 Å². The molecule has 33 heavy (non-hydrogen) atoms. The highest BCUT2D eigenvalue weighted by molar-refractivity contribution is 6.32. The Morgan fingerprint density at radius 1 is 1.12 bits per heavy atom. The zero-order valence-electron chi connectivity index (χ0n) is 17.4. The fraction of sp³-hybridized carbons (Fsp3) is 0.130. The number of carbonyl (C=O) groups excluding carboxylic acids is 2. The van der Waals surface area contributed by atoms with Crippen molar-refractivity contribution in [3.63, 3.8) is 0 Å². The molecule has 3 aromatic rings. The Labute approximate surface area is 194 Å². The highest BCUT2D eigenvalue weighted by Crippen LogP contribution is 2.25. The van der Waals surface area contributed by atoms with Crippen molar-refractivity contribution in [2.24, 2.45) is 5.10 Å². The lowest BCUT2D eigenvalue weighted by atomic mass is 10.1. The summed E-state index contributed by atoms with van der Waals surface area (Å²) in [5.74, 6) is -1.12. The summed E-state index contributed by atoms with van der Waals surface area (Å²) < 4.78 is 10.9. The summed E-state index contributed by atoms with van der Waals surface area (Å²) in [5, 5.41) is 16.0. The molecule has 0 aliphatic rings. The minimum Gasteiger partial charge on any atom is -0.482 e. The van der Waals surface area contributed by atoms with Gasteiger partial charge in [0.05, 0.1) is 16.8 Å². The zero-order chi connectivity index (χ0) is 23.8. The van der Waals surface area contributed by atoms with Gasteiger partial charge in [0, 0.05) is 5.56 Å². The minimum atomic E-state index is -1.07. The first-order valence-corrected chi connectivity index (χ1v) is 10.1. The SMILES string of the molecule is C[C@H](NC(=O)COc1ccccc1Cl)C(=O)N/N=C\c1ccc(-c2ccccc2C(=O)O)o1. The summed E-state index contributed by atoms with van der Waals surface area (Å²) in [6.07, 6.45) is 1.26. The number of carbonyl (C=O) groups is 3. The number of nitrogens with one attached hydrogen (secondary N) is 2. The molecule has 3 rings (SSSR count). The number of hydrogen-bond donors (Lipinski definition) is 3. The number of hydrazone groups is 1. The smallest absolute Gasteiger partial charge is 0.336 e. The summed E-state index contributed by atoms with van der Waals surface area (Å²) in [7, 11) is 0. The summed E-state index contributed by atoms with van der Waals surface area (Å²) in [6, 6.07) is 15.5. The van der Waals surface area contributed by atoms with Crippen LogP contribution < -0.4 is 15.5 Å². The van der Waals surface area contributed by atoms with E-state index in [1.807, 2.05) is 0 Å². The quantitative estimate of drug-likeness (QED) is 0.325. The van der Waals surface area contributed by atoms with Crippen molar-refractivity contribution < 1.29 is 28.6 Å². The number of hydrogen-bond acceptors (Lipinski definition) is 6. The first-order valence-electron chi connectivity index (χ1n) is 9.77. The van der Waals surface area contributed by atoms with Crippen LogP contribution in [0.15, 0.2) is 70.2 Å². The molecule has 1 atom stereocenters. The Hall–Kier alpha value is -4.11. The van der Waals surface area contributed by atoms with Crippen LogP contribution in [-0.2, 0) is 9.59 Å². The Morgan fingerprint density at radius 3 is 2.61 bits per heavy atom. The van der Waals surface area contributed by atoms with E-state index in [9.17, 15) is 19.5 Å². The number of furan rings is 1. The molecule has 0 radical (unpaired) electrons. The first-order chi connectivity index (χ1) is 15.8. The fourth-order valence-electron chi connectivity index (χ4n) is 2.76. The van der Waals surface area contributed by atoms with Crippen LogP contribution in [0.3, 0.4) is 0 Å². The lowest BCUT2D eigenvalue weighted by molar-refractivity contribution is -0.129. The van der Waals surface area contributed by atoms with Gasteiger partial charge in [-0.25, -0.2) is 10.2 Å². The van der Waals surface area contributed by atoms with E-state index in [0.29, 0.717) is 27.9 Å². The maximum absolute atomic E-state index is 12.1. The topological polar surface area (TPSA) is 130 Å². The molecule has 0 saturated heterocycles. The monoisotopic (exact) mass is 469 g/mol. The van der Waals surface area contributed by atoms with E-state index in [2.05, 4.69) is 15.8 Å². The van der Waals surface area contributed by atoms with E-state index in [0.717, 1.165) is 0 Å². The second-order valence-electron chi connectivity index (χ2n) is 6.80. The van der Waals surface area contributed by atoms with Gasteiger partial charge in [0.1, 0.15) is 23.3 Å². The van der Waals surface area contributed by atoms with Crippen molar-refractivity contribution in [3.8, 4) is 17.1 Å². The molecule has 0 saturated carbocycles. The summed E-state index contributed by atoms with van der Waals surface area (Å²) in [4.78, 5) is 35.5. The van der Waals surface area contributed by atoms with Crippen LogP contribution in [0.2, 0.25) is 5.02 Å². The van der Waals surface area contributed by atoms with Gasteiger partial charge in [0.15, 0.2) is 6.61 Å². The van der Waals surface area contributed by atoms with E-state index in [-0.39, 0.29) is 12.2 Å². The summed E-state index contributed by atoms with van der Waals surface area (Å²) in [6.45, 7) is 1.18. The molecule has 3 N–H and O–H groups in total. The third-order valence-corrected chi connectivity index (χ3v) is 4.69. The van der Waals surface area contributed by atoms with Crippen LogP contribution >= 0.6 is 11.6 Å². The molecule has 0 unspecified atom stereocenters. The largest absolute Gasteiger partial charge is 0.482 e. The van der Waals surface area contributed by atoms with Crippen LogP contribution in [0.1, 0.15) is 23.0 Å². The van der Waals surface area contributed by atoms with Crippen molar-refractivity contribution in [2.45, 2.75) is 13.0 Å². The van der Waals surface area contributed by atoms with Crippen LogP contribution in [0.4, 0.5) is 0 Å². The first kappa shape index (κ1) is 23.6. The Morgan fingerprint density at radius 2 is 1.85 bits per heavy atom. The molecule has 2 aromatic carbocycles. The van der Waals surface area contributed by atoms with Crippen LogP contribution in [-0.4, -0.2) is 41.8 Å². The lowest BCUT2D eigenvalue weighted by Gasteiger charge is -2.13. The normalized spacial score (nSPS) is 11.7. The highest BCUT2D eigenvalue weighted by Gasteiger charge is 2.16. The zero-order valence-corrected chi connectivity index (χ0v) is 18.2. The van der Waals surface area contributed by atoms with Gasteiger partial charge in [-0.05, 0) is 37.3 Å². The number of amides is 2.